The molecule has 1 unspecified atom stereocenters. The van der Waals surface area contributed by atoms with Crippen LogP contribution in [0.5, 0.6) is 11.5 Å². The first kappa shape index (κ1) is 11.4. The van der Waals surface area contributed by atoms with Crippen LogP contribution in [-0.2, 0) is 0 Å². The number of fused-ring (bicyclic) bond motifs is 1. The summed E-state index contributed by atoms with van der Waals surface area (Å²) in [7, 11) is 0. The largest absolute Gasteiger partial charge is 0.508 e. The zero-order valence-corrected chi connectivity index (χ0v) is 11.1. The Morgan fingerprint density at radius 1 is 1.22 bits per heavy atom. The molecular weight excluding hydrogens is 294 g/mol. The molecule has 0 radical (unpaired) electrons. The van der Waals surface area contributed by atoms with Crippen molar-refractivity contribution in [2.24, 2.45) is 0 Å². The van der Waals surface area contributed by atoms with Crippen LogP contribution in [0.25, 0.3) is 0 Å². The molecule has 0 saturated heterocycles. The third-order valence-electron chi connectivity index (χ3n) is 2.98. The van der Waals surface area contributed by atoms with E-state index in [-0.39, 0.29) is 11.8 Å². The van der Waals surface area contributed by atoms with Crippen LogP contribution in [0.2, 0.25) is 0 Å². The monoisotopic (exact) mass is 305 g/mol. The standard InChI is InChI=1S/C14H12BrNO2/c15-11-3-1-2-4-12(11)16-13-8-18-14-7-9(17)5-6-10(13)14/h1-7,13,16-17H,8H2. The van der Waals surface area contributed by atoms with Gasteiger partial charge in [-0.05, 0) is 40.2 Å². The minimum Gasteiger partial charge on any atom is -0.508 e. The molecule has 2 aromatic carbocycles. The molecule has 0 amide bonds. The molecule has 4 heteroatoms. The summed E-state index contributed by atoms with van der Waals surface area (Å²) in [5.74, 6) is 0.981. The van der Waals surface area contributed by atoms with Gasteiger partial charge in [-0.1, -0.05) is 12.1 Å². The van der Waals surface area contributed by atoms with Crippen molar-refractivity contribution in [3.8, 4) is 11.5 Å². The normalized spacial score (nSPS) is 17.1. The summed E-state index contributed by atoms with van der Waals surface area (Å²) in [6.07, 6.45) is 0. The Balaban J connectivity index is 1.87. The quantitative estimate of drug-likeness (QED) is 0.889. The first-order valence-electron chi connectivity index (χ1n) is 5.71. The van der Waals surface area contributed by atoms with Gasteiger partial charge in [-0.15, -0.1) is 0 Å². The number of rotatable bonds is 2. The van der Waals surface area contributed by atoms with Crippen LogP contribution in [0.15, 0.2) is 46.9 Å². The molecule has 2 N–H and O–H groups in total. The first-order valence-corrected chi connectivity index (χ1v) is 6.50. The number of aromatic hydroxyl groups is 1. The highest BCUT2D eigenvalue weighted by Crippen LogP contribution is 2.37. The van der Waals surface area contributed by atoms with E-state index in [1.807, 2.05) is 30.3 Å². The van der Waals surface area contributed by atoms with Gasteiger partial charge < -0.3 is 15.2 Å². The molecule has 0 saturated carbocycles. The summed E-state index contributed by atoms with van der Waals surface area (Å²) in [5, 5.41) is 12.8. The first-order chi connectivity index (χ1) is 8.74. The predicted molar refractivity (Wildman–Crippen MR) is 74.1 cm³/mol. The van der Waals surface area contributed by atoms with Crippen LogP contribution in [0.4, 0.5) is 5.69 Å². The van der Waals surface area contributed by atoms with Crippen molar-refractivity contribution in [3.63, 3.8) is 0 Å². The number of ether oxygens (including phenoxy) is 1. The van der Waals surface area contributed by atoms with Crippen molar-refractivity contribution < 1.29 is 9.84 Å². The number of phenolic OH excluding ortho intramolecular Hbond substituents is 1. The molecule has 18 heavy (non-hydrogen) atoms. The van der Waals surface area contributed by atoms with E-state index in [0.717, 1.165) is 21.5 Å². The van der Waals surface area contributed by atoms with Gasteiger partial charge in [0, 0.05) is 21.8 Å². The lowest BCUT2D eigenvalue weighted by Gasteiger charge is -2.14. The summed E-state index contributed by atoms with van der Waals surface area (Å²) in [5.41, 5.74) is 2.11. The molecule has 1 heterocycles. The van der Waals surface area contributed by atoms with E-state index < -0.39 is 0 Å². The average Bonchev–Trinajstić information content (AvgIpc) is 2.74. The number of nitrogens with one attached hydrogen (secondary N) is 1. The highest BCUT2D eigenvalue weighted by Gasteiger charge is 2.24. The van der Waals surface area contributed by atoms with Crippen LogP contribution in [0, 0.1) is 0 Å². The van der Waals surface area contributed by atoms with Gasteiger partial charge in [0.25, 0.3) is 0 Å². The van der Waals surface area contributed by atoms with Gasteiger partial charge >= 0.3 is 0 Å². The van der Waals surface area contributed by atoms with Crippen LogP contribution in [0.1, 0.15) is 11.6 Å². The maximum absolute atomic E-state index is 9.41. The Labute approximate surface area is 114 Å². The molecule has 0 fully saturated rings. The number of anilines is 1. The minimum atomic E-state index is 0.110. The van der Waals surface area contributed by atoms with E-state index in [9.17, 15) is 5.11 Å². The molecule has 0 aliphatic carbocycles. The van der Waals surface area contributed by atoms with Gasteiger partial charge in [0.2, 0.25) is 0 Å². The number of phenols is 1. The fourth-order valence-corrected chi connectivity index (χ4v) is 2.48. The zero-order valence-electron chi connectivity index (χ0n) is 9.56. The van der Waals surface area contributed by atoms with Crippen molar-refractivity contribution in [2.45, 2.75) is 6.04 Å². The van der Waals surface area contributed by atoms with Gasteiger partial charge in [-0.2, -0.15) is 0 Å². The lowest BCUT2D eigenvalue weighted by molar-refractivity contribution is 0.338. The number of halogens is 1. The smallest absolute Gasteiger partial charge is 0.128 e. The second kappa shape index (κ2) is 4.53. The fourth-order valence-electron chi connectivity index (χ4n) is 2.08. The summed E-state index contributed by atoms with van der Waals surface area (Å²) in [4.78, 5) is 0. The highest BCUT2D eigenvalue weighted by atomic mass is 79.9. The zero-order chi connectivity index (χ0) is 12.5. The third kappa shape index (κ3) is 2.04. The Kier molecular flexibility index (Phi) is 2.88. The van der Waals surface area contributed by atoms with E-state index in [0.29, 0.717) is 6.61 Å². The van der Waals surface area contributed by atoms with Gasteiger partial charge in [0.15, 0.2) is 0 Å². The van der Waals surface area contributed by atoms with Crippen LogP contribution >= 0.6 is 15.9 Å². The Morgan fingerprint density at radius 2 is 2.06 bits per heavy atom. The highest BCUT2D eigenvalue weighted by molar-refractivity contribution is 9.10. The lowest BCUT2D eigenvalue weighted by Crippen LogP contribution is -2.12. The van der Waals surface area contributed by atoms with Crippen LogP contribution < -0.4 is 10.1 Å². The molecule has 1 aliphatic rings. The summed E-state index contributed by atoms with van der Waals surface area (Å²) < 4.78 is 6.59. The third-order valence-corrected chi connectivity index (χ3v) is 3.67. The van der Waals surface area contributed by atoms with E-state index in [4.69, 9.17) is 4.74 Å². The van der Waals surface area contributed by atoms with Gasteiger partial charge in [0.05, 0.1) is 6.04 Å². The van der Waals surface area contributed by atoms with Crippen molar-refractivity contribution >= 4 is 21.6 Å². The molecule has 0 bridgehead atoms. The van der Waals surface area contributed by atoms with Crippen LogP contribution in [0.3, 0.4) is 0 Å². The van der Waals surface area contributed by atoms with E-state index >= 15 is 0 Å². The van der Waals surface area contributed by atoms with Crippen LogP contribution in [-0.4, -0.2) is 11.7 Å². The Hall–Kier alpha value is -1.68. The van der Waals surface area contributed by atoms with E-state index in [2.05, 4.69) is 21.2 Å². The SMILES string of the molecule is Oc1ccc2c(c1)OCC2Nc1ccccc1Br. The molecule has 92 valence electrons. The molecule has 2 aromatic rings. The summed E-state index contributed by atoms with van der Waals surface area (Å²) >= 11 is 3.51. The summed E-state index contributed by atoms with van der Waals surface area (Å²) in [6.45, 7) is 0.570. The maximum Gasteiger partial charge on any atom is 0.128 e. The molecule has 3 nitrogen and oxygen atoms in total. The van der Waals surface area contributed by atoms with Gasteiger partial charge in [-0.25, -0.2) is 0 Å². The van der Waals surface area contributed by atoms with E-state index in [1.165, 1.54) is 0 Å². The second-order valence-electron chi connectivity index (χ2n) is 4.21. The molecule has 0 spiro atoms. The second-order valence-corrected chi connectivity index (χ2v) is 5.06. The number of benzene rings is 2. The van der Waals surface area contributed by atoms with Gasteiger partial charge in [0.1, 0.15) is 18.1 Å². The van der Waals surface area contributed by atoms with Crippen molar-refractivity contribution in [1.82, 2.24) is 0 Å². The predicted octanol–water partition coefficient (Wildman–Crippen LogP) is 3.70. The molecule has 3 rings (SSSR count). The molecule has 0 aromatic heterocycles. The lowest BCUT2D eigenvalue weighted by atomic mass is 10.1. The number of hydrogen-bond donors (Lipinski definition) is 2. The van der Waals surface area contributed by atoms with Gasteiger partial charge in [-0.3, -0.25) is 0 Å². The molecule has 1 aliphatic heterocycles. The maximum atomic E-state index is 9.41. The Bertz CT molecular complexity index is 586. The minimum absolute atomic E-state index is 0.110. The van der Waals surface area contributed by atoms with E-state index in [1.54, 1.807) is 12.1 Å². The number of para-hydroxylation sites is 1. The van der Waals surface area contributed by atoms with Crippen molar-refractivity contribution in [2.75, 3.05) is 11.9 Å². The fraction of sp³-hybridized carbons (Fsp3) is 0.143. The van der Waals surface area contributed by atoms with Crippen molar-refractivity contribution in [1.29, 1.82) is 0 Å². The Morgan fingerprint density at radius 3 is 2.89 bits per heavy atom. The average molecular weight is 306 g/mol. The summed E-state index contributed by atoms with van der Waals surface area (Å²) in [6, 6.07) is 13.3. The topological polar surface area (TPSA) is 41.5 Å². The van der Waals surface area contributed by atoms with Crippen molar-refractivity contribution in [3.05, 3.63) is 52.5 Å². The molecular formula is C14H12BrNO2. The number of hydrogen-bond acceptors (Lipinski definition) is 3. The molecule has 1 atom stereocenters.